The van der Waals surface area contributed by atoms with Crippen molar-refractivity contribution in [1.82, 2.24) is 15.7 Å². The molecule has 0 radical (unpaired) electrons. The van der Waals surface area contributed by atoms with Crippen LogP contribution in [0.2, 0.25) is 0 Å². The molecule has 2 rings (SSSR count). The number of aryl methyl sites for hydroxylation is 1. The maximum atomic E-state index is 11.8. The van der Waals surface area contributed by atoms with Crippen molar-refractivity contribution in [2.75, 3.05) is 6.54 Å². The van der Waals surface area contributed by atoms with E-state index in [2.05, 4.69) is 20.8 Å². The van der Waals surface area contributed by atoms with Crippen LogP contribution < -0.4 is 10.7 Å². The topological polar surface area (TPSA) is 83.5 Å². The monoisotopic (exact) mass is 296 g/mol. The van der Waals surface area contributed by atoms with Gasteiger partial charge in [-0.15, -0.1) is 0 Å². The number of nitrogens with one attached hydrogen (secondary N) is 2. The lowest BCUT2D eigenvalue weighted by Gasteiger charge is -2.04. The number of hydrazone groups is 1. The van der Waals surface area contributed by atoms with Gasteiger partial charge >= 0.3 is 0 Å². The van der Waals surface area contributed by atoms with Crippen LogP contribution >= 0.6 is 0 Å². The SMILES string of the molecule is Cc1ccc(C(=O)NCC(=O)NN=Cc2ccncc2)cc1. The molecule has 22 heavy (non-hydrogen) atoms. The van der Waals surface area contributed by atoms with Crippen LogP contribution in [0.25, 0.3) is 0 Å². The molecule has 0 atom stereocenters. The lowest BCUT2D eigenvalue weighted by Crippen LogP contribution is -2.34. The third-order valence-corrected chi connectivity index (χ3v) is 2.83. The fraction of sp³-hybridized carbons (Fsp3) is 0.125. The zero-order valence-electron chi connectivity index (χ0n) is 12.1. The van der Waals surface area contributed by atoms with Crippen LogP contribution in [0, 0.1) is 6.92 Å². The number of carbonyl (C=O) groups is 2. The fourth-order valence-corrected chi connectivity index (χ4v) is 1.64. The van der Waals surface area contributed by atoms with Gasteiger partial charge in [-0.1, -0.05) is 17.7 Å². The van der Waals surface area contributed by atoms with Gasteiger partial charge in [0.25, 0.3) is 11.8 Å². The van der Waals surface area contributed by atoms with Gasteiger partial charge in [0.1, 0.15) is 0 Å². The molecule has 1 aromatic heterocycles. The molecule has 0 saturated heterocycles. The third kappa shape index (κ3) is 4.82. The van der Waals surface area contributed by atoms with Crippen molar-refractivity contribution in [1.29, 1.82) is 0 Å². The summed E-state index contributed by atoms with van der Waals surface area (Å²) in [4.78, 5) is 27.3. The Bertz CT molecular complexity index is 666. The molecule has 0 spiro atoms. The molecule has 1 heterocycles. The van der Waals surface area contributed by atoms with Crippen LogP contribution in [0.1, 0.15) is 21.5 Å². The number of hydrogen-bond donors (Lipinski definition) is 2. The molecule has 6 nitrogen and oxygen atoms in total. The van der Waals surface area contributed by atoms with Crippen molar-refractivity contribution < 1.29 is 9.59 Å². The molecule has 0 aliphatic rings. The van der Waals surface area contributed by atoms with E-state index in [4.69, 9.17) is 0 Å². The highest BCUT2D eigenvalue weighted by Crippen LogP contribution is 2.02. The molecule has 2 aromatic rings. The normalized spacial score (nSPS) is 10.4. The van der Waals surface area contributed by atoms with E-state index in [0.717, 1.165) is 11.1 Å². The summed E-state index contributed by atoms with van der Waals surface area (Å²) in [5.74, 6) is -0.695. The predicted octanol–water partition coefficient (Wildman–Crippen LogP) is 1.27. The van der Waals surface area contributed by atoms with Crippen LogP contribution in [0.5, 0.6) is 0 Å². The first-order chi connectivity index (χ1) is 10.6. The van der Waals surface area contributed by atoms with Gasteiger partial charge in [0.15, 0.2) is 0 Å². The van der Waals surface area contributed by atoms with E-state index in [0.29, 0.717) is 5.56 Å². The average Bonchev–Trinajstić information content (AvgIpc) is 2.54. The Morgan fingerprint density at radius 1 is 1.14 bits per heavy atom. The highest BCUT2D eigenvalue weighted by atomic mass is 16.2. The maximum Gasteiger partial charge on any atom is 0.259 e. The summed E-state index contributed by atoms with van der Waals surface area (Å²) in [5.41, 5.74) is 4.74. The molecule has 2 N–H and O–H groups in total. The third-order valence-electron chi connectivity index (χ3n) is 2.83. The highest BCUT2D eigenvalue weighted by Gasteiger charge is 2.06. The fourth-order valence-electron chi connectivity index (χ4n) is 1.64. The Morgan fingerprint density at radius 3 is 2.50 bits per heavy atom. The molecule has 0 aliphatic heterocycles. The van der Waals surface area contributed by atoms with E-state index < -0.39 is 5.91 Å². The van der Waals surface area contributed by atoms with Gasteiger partial charge in [0.2, 0.25) is 0 Å². The van der Waals surface area contributed by atoms with Crippen LogP contribution in [-0.4, -0.2) is 29.6 Å². The average molecular weight is 296 g/mol. The molecule has 1 aromatic carbocycles. The van der Waals surface area contributed by atoms with E-state index in [1.54, 1.807) is 36.7 Å². The summed E-state index contributed by atoms with van der Waals surface area (Å²) in [6.45, 7) is 1.80. The van der Waals surface area contributed by atoms with Gasteiger partial charge < -0.3 is 5.32 Å². The molecular weight excluding hydrogens is 280 g/mol. The Morgan fingerprint density at radius 2 is 1.82 bits per heavy atom. The Balaban J connectivity index is 1.77. The van der Waals surface area contributed by atoms with E-state index in [-0.39, 0.29) is 12.5 Å². The van der Waals surface area contributed by atoms with Crippen molar-refractivity contribution in [3.05, 3.63) is 65.5 Å². The first-order valence-corrected chi connectivity index (χ1v) is 6.72. The Hall–Kier alpha value is -3.02. The number of hydrogen-bond acceptors (Lipinski definition) is 4. The van der Waals surface area contributed by atoms with Crippen molar-refractivity contribution >= 4 is 18.0 Å². The summed E-state index contributed by atoms with van der Waals surface area (Å²) in [6.07, 6.45) is 4.76. The quantitative estimate of drug-likeness (QED) is 0.644. The first kappa shape index (κ1) is 15.4. The number of nitrogens with zero attached hydrogens (tertiary/aromatic N) is 2. The molecule has 2 amide bonds. The molecule has 0 bridgehead atoms. The molecule has 0 unspecified atom stereocenters. The molecule has 0 fully saturated rings. The Labute approximate surface area is 128 Å². The summed E-state index contributed by atoms with van der Waals surface area (Å²) in [5, 5.41) is 6.33. The number of rotatable bonds is 5. The van der Waals surface area contributed by atoms with Crippen molar-refractivity contribution in [2.45, 2.75) is 6.92 Å². The number of pyridine rings is 1. The van der Waals surface area contributed by atoms with E-state index in [1.165, 1.54) is 6.21 Å². The van der Waals surface area contributed by atoms with Gasteiger partial charge in [-0.2, -0.15) is 5.10 Å². The molecule has 6 heteroatoms. The molecule has 112 valence electrons. The number of aromatic nitrogens is 1. The second-order valence-electron chi connectivity index (χ2n) is 4.62. The van der Waals surface area contributed by atoms with Gasteiger partial charge in [-0.3, -0.25) is 14.6 Å². The number of amides is 2. The molecular formula is C16H16N4O2. The predicted molar refractivity (Wildman–Crippen MR) is 83.5 cm³/mol. The zero-order chi connectivity index (χ0) is 15.8. The Kier molecular flexibility index (Phi) is 5.37. The van der Waals surface area contributed by atoms with Crippen molar-refractivity contribution in [2.24, 2.45) is 5.10 Å². The zero-order valence-corrected chi connectivity index (χ0v) is 12.1. The summed E-state index contributed by atoms with van der Waals surface area (Å²) in [7, 11) is 0. The van der Waals surface area contributed by atoms with Gasteiger partial charge in [0.05, 0.1) is 12.8 Å². The minimum atomic E-state index is -0.397. The first-order valence-electron chi connectivity index (χ1n) is 6.72. The maximum absolute atomic E-state index is 11.8. The number of benzene rings is 1. The summed E-state index contributed by atoms with van der Waals surface area (Å²) >= 11 is 0. The lowest BCUT2D eigenvalue weighted by atomic mass is 10.1. The van der Waals surface area contributed by atoms with Crippen LogP contribution in [0.4, 0.5) is 0 Å². The molecule has 0 aliphatic carbocycles. The second kappa shape index (κ2) is 7.68. The van der Waals surface area contributed by atoms with Crippen LogP contribution in [0.15, 0.2) is 53.9 Å². The standard InChI is InChI=1S/C16H16N4O2/c1-12-2-4-14(5-3-12)16(22)18-11-15(21)20-19-10-13-6-8-17-9-7-13/h2-10H,11H2,1H3,(H,18,22)(H,20,21). The van der Waals surface area contributed by atoms with E-state index >= 15 is 0 Å². The van der Waals surface area contributed by atoms with E-state index in [9.17, 15) is 9.59 Å². The van der Waals surface area contributed by atoms with Crippen LogP contribution in [-0.2, 0) is 4.79 Å². The van der Waals surface area contributed by atoms with Crippen LogP contribution in [0.3, 0.4) is 0 Å². The minimum absolute atomic E-state index is 0.138. The van der Waals surface area contributed by atoms with E-state index in [1.807, 2.05) is 19.1 Å². The summed E-state index contributed by atoms with van der Waals surface area (Å²) < 4.78 is 0. The number of carbonyl (C=O) groups excluding carboxylic acids is 2. The van der Waals surface area contributed by atoms with Gasteiger partial charge in [0, 0.05) is 18.0 Å². The molecule has 0 saturated carbocycles. The highest BCUT2D eigenvalue weighted by molar-refractivity contribution is 5.96. The lowest BCUT2D eigenvalue weighted by molar-refractivity contribution is -0.120. The largest absolute Gasteiger partial charge is 0.343 e. The second-order valence-corrected chi connectivity index (χ2v) is 4.62. The summed E-state index contributed by atoms with van der Waals surface area (Å²) in [6, 6.07) is 10.6. The minimum Gasteiger partial charge on any atom is -0.343 e. The van der Waals surface area contributed by atoms with Crippen molar-refractivity contribution in [3.63, 3.8) is 0 Å². The van der Waals surface area contributed by atoms with Gasteiger partial charge in [-0.25, -0.2) is 5.43 Å². The van der Waals surface area contributed by atoms with Crippen molar-refractivity contribution in [3.8, 4) is 0 Å². The smallest absolute Gasteiger partial charge is 0.259 e. The van der Waals surface area contributed by atoms with Gasteiger partial charge in [-0.05, 0) is 36.8 Å².